The third-order valence-electron chi connectivity index (χ3n) is 2.18. The number of hydrogen-bond acceptors (Lipinski definition) is 5. The molecule has 0 aliphatic rings. The maximum absolute atomic E-state index is 11.5. The molecule has 1 rings (SSSR count). The number of carbonyl (C=O) groups is 1. The first-order chi connectivity index (χ1) is 8.52. The molecule has 8 heteroatoms. The Morgan fingerprint density at radius 3 is 2.53 bits per heavy atom. The monoisotopic (exact) mass is 305 g/mol. The molecule has 0 heterocycles. The Hall–Kier alpha value is -1.31. The fraction of sp³-hybridized carbons (Fsp3) is 0.364. The van der Waals surface area contributed by atoms with Crippen molar-refractivity contribution in [2.24, 2.45) is 5.73 Å². The molecule has 0 fully saturated rings. The van der Waals surface area contributed by atoms with E-state index in [1.807, 2.05) is 6.92 Å². The van der Waals surface area contributed by atoms with E-state index in [4.69, 9.17) is 5.73 Å². The lowest BCUT2D eigenvalue weighted by Crippen LogP contribution is -2.38. The quantitative estimate of drug-likeness (QED) is 0.472. The number of rotatable bonds is 6. The molecular weight excluding hydrogens is 290 g/mol. The normalized spacial score (nSPS) is 11.3. The Labute approximate surface area is 121 Å². The Balaban J connectivity index is 0.00000324. The molecule has 0 radical (unpaired) electrons. The summed E-state index contributed by atoms with van der Waals surface area (Å²) in [6.07, 6.45) is 0. The summed E-state index contributed by atoms with van der Waals surface area (Å²) >= 11 is 1.33. The van der Waals surface area contributed by atoms with Crippen molar-refractivity contribution in [3.8, 4) is 0 Å². The van der Waals surface area contributed by atoms with Crippen LogP contribution < -0.4 is 11.1 Å². The molecule has 6 nitrogen and oxygen atoms in total. The van der Waals surface area contributed by atoms with Gasteiger partial charge in [-0.1, -0.05) is 0 Å². The minimum absolute atomic E-state index is 0. The first kappa shape index (κ1) is 17.7. The molecule has 0 aliphatic carbocycles. The van der Waals surface area contributed by atoms with Crippen LogP contribution in [0.15, 0.2) is 29.2 Å². The van der Waals surface area contributed by atoms with Crippen LogP contribution in [0.2, 0.25) is 0 Å². The van der Waals surface area contributed by atoms with Gasteiger partial charge in [0.1, 0.15) is 0 Å². The first-order valence-electron chi connectivity index (χ1n) is 5.39. The Bertz CT molecular complexity index is 428. The third-order valence-corrected chi connectivity index (χ3v) is 3.19. The second-order valence-electron chi connectivity index (χ2n) is 3.74. The summed E-state index contributed by atoms with van der Waals surface area (Å²) < 4.78 is 0. The zero-order valence-corrected chi connectivity index (χ0v) is 12.0. The van der Waals surface area contributed by atoms with E-state index in [2.05, 4.69) is 5.32 Å². The Morgan fingerprint density at radius 2 is 2.05 bits per heavy atom. The number of amides is 1. The van der Waals surface area contributed by atoms with Crippen molar-refractivity contribution in [3.63, 3.8) is 0 Å². The van der Waals surface area contributed by atoms with Gasteiger partial charge in [-0.2, -0.15) is 0 Å². The zero-order valence-electron chi connectivity index (χ0n) is 10.4. The minimum Gasteiger partial charge on any atom is -0.352 e. The van der Waals surface area contributed by atoms with Crippen molar-refractivity contribution >= 4 is 35.8 Å². The Morgan fingerprint density at radius 1 is 1.47 bits per heavy atom. The minimum atomic E-state index is -0.454. The van der Waals surface area contributed by atoms with Crippen LogP contribution in [0.3, 0.4) is 0 Å². The van der Waals surface area contributed by atoms with E-state index in [0.717, 1.165) is 4.90 Å². The summed E-state index contributed by atoms with van der Waals surface area (Å²) in [5, 5.41) is 13.2. The van der Waals surface area contributed by atoms with Gasteiger partial charge in [0, 0.05) is 29.6 Å². The highest BCUT2D eigenvalue weighted by atomic mass is 35.5. The van der Waals surface area contributed by atoms with Crippen LogP contribution in [-0.2, 0) is 4.79 Å². The second-order valence-corrected chi connectivity index (χ2v) is 4.79. The van der Waals surface area contributed by atoms with Crippen molar-refractivity contribution in [3.05, 3.63) is 34.4 Å². The summed E-state index contributed by atoms with van der Waals surface area (Å²) in [6.45, 7) is 2.22. The van der Waals surface area contributed by atoms with Crippen molar-refractivity contribution < 1.29 is 9.72 Å². The van der Waals surface area contributed by atoms with Crippen LogP contribution in [0.25, 0.3) is 0 Å². The number of nitro groups is 1. The zero-order chi connectivity index (χ0) is 13.5. The number of carbonyl (C=O) groups excluding carboxylic acids is 1. The lowest BCUT2D eigenvalue weighted by molar-refractivity contribution is -0.384. The molecule has 1 amide bonds. The fourth-order valence-corrected chi connectivity index (χ4v) is 1.90. The largest absolute Gasteiger partial charge is 0.352 e. The van der Waals surface area contributed by atoms with Crippen LogP contribution in [0, 0.1) is 10.1 Å². The standard InChI is InChI=1S/C11H15N3O3S.ClH/c1-8(6-12)13-11(15)7-18-10-4-2-9(3-5-10)14(16)17;/h2-5,8H,6-7,12H2,1H3,(H,13,15);1H/t8-;/m0./s1. The average molecular weight is 306 g/mol. The maximum Gasteiger partial charge on any atom is 0.269 e. The molecule has 1 aromatic rings. The summed E-state index contributed by atoms with van der Waals surface area (Å²) in [7, 11) is 0. The lowest BCUT2D eigenvalue weighted by atomic mass is 10.3. The number of nitrogens with one attached hydrogen (secondary N) is 1. The van der Waals surface area contributed by atoms with E-state index in [9.17, 15) is 14.9 Å². The van der Waals surface area contributed by atoms with E-state index < -0.39 is 4.92 Å². The molecule has 0 spiro atoms. The highest BCUT2D eigenvalue weighted by molar-refractivity contribution is 8.00. The predicted molar refractivity (Wildman–Crippen MR) is 77.7 cm³/mol. The van der Waals surface area contributed by atoms with Crippen LogP contribution in [-0.4, -0.2) is 29.2 Å². The van der Waals surface area contributed by atoms with Crippen molar-refractivity contribution in [1.29, 1.82) is 0 Å². The van der Waals surface area contributed by atoms with Gasteiger partial charge in [0.05, 0.1) is 10.7 Å². The molecule has 0 aromatic heterocycles. The van der Waals surface area contributed by atoms with Gasteiger partial charge in [-0.05, 0) is 19.1 Å². The Kier molecular flexibility index (Phi) is 8.13. The summed E-state index contributed by atoms with van der Waals surface area (Å²) in [5.74, 6) is 0.165. The van der Waals surface area contributed by atoms with Crippen molar-refractivity contribution in [2.75, 3.05) is 12.3 Å². The number of nitro benzene ring substituents is 1. The van der Waals surface area contributed by atoms with Crippen LogP contribution in [0.5, 0.6) is 0 Å². The van der Waals surface area contributed by atoms with Crippen LogP contribution in [0.1, 0.15) is 6.92 Å². The number of nitrogens with zero attached hydrogens (tertiary/aromatic N) is 1. The fourth-order valence-electron chi connectivity index (χ4n) is 1.19. The van der Waals surface area contributed by atoms with E-state index in [0.29, 0.717) is 6.54 Å². The number of benzene rings is 1. The molecule has 0 unspecified atom stereocenters. The van der Waals surface area contributed by atoms with Crippen molar-refractivity contribution in [1.82, 2.24) is 5.32 Å². The van der Waals surface area contributed by atoms with E-state index in [-0.39, 0.29) is 35.8 Å². The highest BCUT2D eigenvalue weighted by Crippen LogP contribution is 2.20. The van der Waals surface area contributed by atoms with E-state index in [1.54, 1.807) is 12.1 Å². The van der Waals surface area contributed by atoms with E-state index >= 15 is 0 Å². The van der Waals surface area contributed by atoms with Crippen LogP contribution in [0.4, 0.5) is 5.69 Å². The van der Waals surface area contributed by atoms with Gasteiger partial charge < -0.3 is 11.1 Å². The smallest absolute Gasteiger partial charge is 0.269 e. The molecule has 0 bridgehead atoms. The van der Waals surface area contributed by atoms with Crippen LogP contribution >= 0.6 is 24.2 Å². The molecule has 19 heavy (non-hydrogen) atoms. The highest BCUT2D eigenvalue weighted by Gasteiger charge is 2.08. The summed E-state index contributed by atoms with van der Waals surface area (Å²) in [6, 6.07) is 6.05. The van der Waals surface area contributed by atoms with Gasteiger partial charge in [0.2, 0.25) is 5.91 Å². The van der Waals surface area contributed by atoms with Gasteiger partial charge in [-0.3, -0.25) is 14.9 Å². The van der Waals surface area contributed by atoms with Gasteiger partial charge in [-0.15, -0.1) is 24.2 Å². The molecular formula is C11H16ClN3O3S. The van der Waals surface area contributed by atoms with Gasteiger partial charge in [-0.25, -0.2) is 0 Å². The van der Waals surface area contributed by atoms with Gasteiger partial charge in [0.25, 0.3) is 5.69 Å². The number of halogens is 1. The number of thioether (sulfide) groups is 1. The molecule has 0 saturated carbocycles. The topological polar surface area (TPSA) is 98.3 Å². The summed E-state index contributed by atoms with van der Waals surface area (Å²) in [4.78, 5) is 22.3. The van der Waals surface area contributed by atoms with Gasteiger partial charge in [0.15, 0.2) is 0 Å². The van der Waals surface area contributed by atoms with Crippen molar-refractivity contribution in [2.45, 2.75) is 17.9 Å². The number of hydrogen-bond donors (Lipinski definition) is 2. The predicted octanol–water partition coefficient (Wildman–Crippen LogP) is 1.57. The summed E-state index contributed by atoms with van der Waals surface area (Å²) in [5.41, 5.74) is 5.43. The maximum atomic E-state index is 11.5. The first-order valence-corrected chi connectivity index (χ1v) is 6.38. The molecule has 106 valence electrons. The lowest BCUT2D eigenvalue weighted by Gasteiger charge is -2.10. The molecule has 0 aliphatic heterocycles. The number of non-ortho nitro benzene ring substituents is 1. The molecule has 0 saturated heterocycles. The molecule has 1 aromatic carbocycles. The third kappa shape index (κ3) is 6.42. The molecule has 3 N–H and O–H groups in total. The van der Waals surface area contributed by atoms with E-state index in [1.165, 1.54) is 23.9 Å². The SMILES string of the molecule is C[C@@H](CN)NC(=O)CSc1ccc([N+](=O)[O-])cc1.Cl. The average Bonchev–Trinajstić information content (AvgIpc) is 2.36. The second kappa shape index (κ2) is 8.73. The molecule has 1 atom stereocenters. The number of nitrogens with two attached hydrogens (primary N) is 1. The van der Waals surface area contributed by atoms with Gasteiger partial charge >= 0.3 is 0 Å².